The quantitative estimate of drug-likeness (QED) is 0.818. The lowest BCUT2D eigenvalue weighted by atomic mass is 10.1. The molecule has 1 saturated heterocycles. The number of carbonyl (C=O) groups excluding carboxylic acids is 1. The van der Waals surface area contributed by atoms with E-state index in [9.17, 15) is 13.2 Å². The van der Waals surface area contributed by atoms with Gasteiger partial charge in [-0.25, -0.2) is 18.5 Å². The molecule has 1 atom stereocenters. The second-order valence-corrected chi connectivity index (χ2v) is 7.20. The summed E-state index contributed by atoms with van der Waals surface area (Å²) in [6.07, 6.45) is 0.184. The van der Waals surface area contributed by atoms with Gasteiger partial charge in [0.1, 0.15) is 10.4 Å². The van der Waals surface area contributed by atoms with E-state index >= 15 is 0 Å². The standard InChI is InChI=1S/C11H14BrN3O3S/c1-7-2-9(12)14-10(3-7)15-5-8(4-11(15)16)6-19(13,17)18/h2-3,8H,4-6H2,1H3,(H2,13,17,18). The molecule has 0 spiro atoms. The number of halogens is 1. The maximum Gasteiger partial charge on any atom is 0.228 e. The van der Waals surface area contributed by atoms with Crippen LogP contribution in [0.1, 0.15) is 12.0 Å². The largest absolute Gasteiger partial charge is 0.296 e. The Morgan fingerprint density at radius 2 is 2.21 bits per heavy atom. The summed E-state index contributed by atoms with van der Waals surface area (Å²) in [6.45, 7) is 2.23. The topological polar surface area (TPSA) is 93.4 Å². The molecule has 19 heavy (non-hydrogen) atoms. The number of sulfonamides is 1. The van der Waals surface area contributed by atoms with Crippen molar-refractivity contribution in [1.29, 1.82) is 0 Å². The van der Waals surface area contributed by atoms with Crippen molar-refractivity contribution in [1.82, 2.24) is 4.98 Å². The lowest BCUT2D eigenvalue weighted by molar-refractivity contribution is -0.117. The van der Waals surface area contributed by atoms with E-state index in [1.54, 1.807) is 6.07 Å². The maximum absolute atomic E-state index is 11.9. The number of primary sulfonamides is 1. The van der Waals surface area contributed by atoms with Crippen LogP contribution in [0.5, 0.6) is 0 Å². The molecule has 1 fully saturated rings. The van der Waals surface area contributed by atoms with E-state index in [2.05, 4.69) is 20.9 Å². The van der Waals surface area contributed by atoms with Gasteiger partial charge in [0.15, 0.2) is 0 Å². The summed E-state index contributed by atoms with van der Waals surface area (Å²) in [5.74, 6) is -0.0431. The number of amides is 1. The zero-order valence-corrected chi connectivity index (χ0v) is 12.7. The molecule has 2 rings (SSSR count). The predicted molar refractivity (Wildman–Crippen MR) is 75.1 cm³/mol. The first-order valence-corrected chi connectivity index (χ1v) is 8.20. The fraction of sp³-hybridized carbons (Fsp3) is 0.455. The Kier molecular flexibility index (Phi) is 3.93. The van der Waals surface area contributed by atoms with Gasteiger partial charge in [-0.3, -0.25) is 9.69 Å². The van der Waals surface area contributed by atoms with Gasteiger partial charge in [0, 0.05) is 18.9 Å². The number of rotatable bonds is 3. The molecule has 8 heteroatoms. The Morgan fingerprint density at radius 3 is 2.79 bits per heavy atom. The highest BCUT2D eigenvalue weighted by Crippen LogP contribution is 2.26. The summed E-state index contributed by atoms with van der Waals surface area (Å²) >= 11 is 3.28. The van der Waals surface area contributed by atoms with Gasteiger partial charge in [0.05, 0.1) is 5.75 Å². The van der Waals surface area contributed by atoms with Gasteiger partial charge in [-0.2, -0.15) is 0 Å². The molecule has 0 aromatic carbocycles. The number of anilines is 1. The van der Waals surface area contributed by atoms with Crippen molar-refractivity contribution in [3.63, 3.8) is 0 Å². The fourth-order valence-electron chi connectivity index (χ4n) is 2.19. The number of nitrogens with zero attached hydrogens (tertiary/aromatic N) is 2. The molecule has 0 radical (unpaired) electrons. The molecular weight excluding hydrogens is 334 g/mol. The fourth-order valence-corrected chi connectivity index (χ4v) is 3.61. The zero-order chi connectivity index (χ0) is 14.2. The number of aromatic nitrogens is 1. The molecule has 0 aliphatic carbocycles. The van der Waals surface area contributed by atoms with Crippen molar-refractivity contribution < 1.29 is 13.2 Å². The first-order chi connectivity index (χ1) is 8.74. The van der Waals surface area contributed by atoms with Crippen molar-refractivity contribution >= 4 is 37.7 Å². The Bertz CT molecular complexity index is 597. The van der Waals surface area contributed by atoms with Crippen LogP contribution in [-0.2, 0) is 14.8 Å². The van der Waals surface area contributed by atoms with Crippen molar-refractivity contribution in [3.8, 4) is 0 Å². The summed E-state index contributed by atoms with van der Waals surface area (Å²) in [7, 11) is -3.56. The van der Waals surface area contributed by atoms with Crippen LogP contribution < -0.4 is 10.0 Å². The third kappa shape index (κ3) is 3.74. The highest BCUT2D eigenvalue weighted by atomic mass is 79.9. The van der Waals surface area contributed by atoms with E-state index in [4.69, 9.17) is 5.14 Å². The van der Waals surface area contributed by atoms with Gasteiger partial charge in [0.2, 0.25) is 15.9 Å². The molecule has 2 heterocycles. The molecule has 0 bridgehead atoms. The minimum Gasteiger partial charge on any atom is -0.296 e. The van der Waals surface area contributed by atoms with Gasteiger partial charge in [-0.1, -0.05) is 0 Å². The van der Waals surface area contributed by atoms with E-state index in [0.717, 1.165) is 5.56 Å². The first-order valence-electron chi connectivity index (χ1n) is 5.69. The average Bonchev–Trinajstić information content (AvgIpc) is 2.54. The van der Waals surface area contributed by atoms with Crippen molar-refractivity contribution in [2.24, 2.45) is 11.1 Å². The third-order valence-electron chi connectivity index (χ3n) is 2.87. The van der Waals surface area contributed by atoms with Crippen LogP contribution in [-0.4, -0.2) is 31.6 Å². The number of hydrogen-bond acceptors (Lipinski definition) is 4. The second kappa shape index (κ2) is 5.18. The normalized spacial score (nSPS) is 20.1. The van der Waals surface area contributed by atoms with Crippen molar-refractivity contribution in [2.75, 3.05) is 17.2 Å². The second-order valence-electron chi connectivity index (χ2n) is 4.73. The predicted octanol–water partition coefficient (Wildman–Crippen LogP) is 0.794. The lowest BCUT2D eigenvalue weighted by Crippen LogP contribution is -2.28. The molecule has 1 aliphatic rings. The van der Waals surface area contributed by atoms with Gasteiger partial charge in [-0.05, 0) is 40.5 Å². The summed E-state index contributed by atoms with van der Waals surface area (Å²) < 4.78 is 22.8. The van der Waals surface area contributed by atoms with E-state index in [1.165, 1.54) is 4.90 Å². The SMILES string of the molecule is Cc1cc(Br)nc(N2CC(CS(N)(=O)=O)CC2=O)c1. The Hall–Kier alpha value is -0.990. The molecule has 2 N–H and O–H groups in total. The van der Waals surface area contributed by atoms with Crippen LogP contribution in [0.25, 0.3) is 0 Å². The van der Waals surface area contributed by atoms with Gasteiger partial charge in [-0.15, -0.1) is 0 Å². The molecule has 1 unspecified atom stereocenters. The Morgan fingerprint density at radius 1 is 1.53 bits per heavy atom. The Labute approximate surface area is 120 Å². The smallest absolute Gasteiger partial charge is 0.228 e. The van der Waals surface area contributed by atoms with Gasteiger partial charge >= 0.3 is 0 Å². The summed E-state index contributed by atoms with van der Waals surface area (Å²) in [5, 5.41) is 5.01. The van der Waals surface area contributed by atoms with E-state index in [0.29, 0.717) is 17.0 Å². The summed E-state index contributed by atoms with van der Waals surface area (Å²) in [4.78, 5) is 17.7. The highest BCUT2D eigenvalue weighted by molar-refractivity contribution is 9.10. The molecule has 6 nitrogen and oxygen atoms in total. The number of hydrogen-bond donors (Lipinski definition) is 1. The molecule has 104 valence electrons. The van der Waals surface area contributed by atoms with Crippen LogP contribution in [0, 0.1) is 12.8 Å². The summed E-state index contributed by atoms with van der Waals surface area (Å²) in [6, 6.07) is 3.63. The number of pyridine rings is 1. The average molecular weight is 348 g/mol. The minimum absolute atomic E-state index is 0.126. The minimum atomic E-state index is -3.56. The van der Waals surface area contributed by atoms with Crippen LogP contribution in [0.15, 0.2) is 16.7 Å². The van der Waals surface area contributed by atoms with Gasteiger partial charge in [0.25, 0.3) is 0 Å². The summed E-state index contributed by atoms with van der Waals surface area (Å²) in [5.41, 5.74) is 0.972. The lowest BCUT2D eigenvalue weighted by Gasteiger charge is -2.16. The third-order valence-corrected chi connectivity index (χ3v) is 4.22. The first kappa shape index (κ1) is 14.4. The molecule has 1 aromatic heterocycles. The number of carbonyl (C=O) groups is 1. The number of aryl methyl sites for hydroxylation is 1. The van der Waals surface area contributed by atoms with Crippen molar-refractivity contribution in [3.05, 3.63) is 22.3 Å². The molecule has 0 saturated carbocycles. The monoisotopic (exact) mass is 347 g/mol. The number of nitrogens with two attached hydrogens (primary N) is 1. The molecule has 1 aliphatic heterocycles. The van der Waals surface area contributed by atoms with E-state index in [-0.39, 0.29) is 24.0 Å². The molecule has 1 amide bonds. The zero-order valence-electron chi connectivity index (χ0n) is 10.3. The highest BCUT2D eigenvalue weighted by Gasteiger charge is 2.33. The molecular formula is C11H14BrN3O3S. The van der Waals surface area contributed by atoms with Crippen molar-refractivity contribution in [2.45, 2.75) is 13.3 Å². The Balaban J connectivity index is 2.20. The van der Waals surface area contributed by atoms with E-state index in [1.807, 2.05) is 13.0 Å². The van der Waals surface area contributed by atoms with Crippen LogP contribution in [0.2, 0.25) is 0 Å². The van der Waals surface area contributed by atoms with Crippen LogP contribution in [0.3, 0.4) is 0 Å². The maximum atomic E-state index is 11.9. The van der Waals surface area contributed by atoms with Crippen LogP contribution >= 0.6 is 15.9 Å². The van der Waals surface area contributed by atoms with E-state index < -0.39 is 10.0 Å². The van der Waals surface area contributed by atoms with Crippen LogP contribution in [0.4, 0.5) is 5.82 Å². The molecule has 1 aromatic rings. The van der Waals surface area contributed by atoms with Gasteiger partial charge < -0.3 is 0 Å².